The van der Waals surface area contributed by atoms with Gasteiger partial charge < -0.3 is 4.90 Å². The Morgan fingerprint density at radius 3 is 2.62 bits per heavy atom. The van der Waals surface area contributed by atoms with Gasteiger partial charge in [0.1, 0.15) is 6.33 Å². The molecule has 0 unspecified atom stereocenters. The van der Waals surface area contributed by atoms with E-state index in [1.54, 1.807) is 12.4 Å². The molecule has 0 spiro atoms. The Morgan fingerprint density at radius 1 is 1.12 bits per heavy atom. The van der Waals surface area contributed by atoms with Crippen LogP contribution in [0, 0.1) is 0 Å². The number of nitrogens with zero attached hydrogens (tertiary/aromatic N) is 5. The van der Waals surface area contributed by atoms with Crippen molar-refractivity contribution in [3.63, 3.8) is 0 Å². The maximum atomic E-state index is 11.8. The fraction of sp³-hybridized carbons (Fsp3) is 0.350. The summed E-state index contributed by atoms with van der Waals surface area (Å²) in [5.74, 6) is 0.637. The molecule has 1 saturated heterocycles. The van der Waals surface area contributed by atoms with Gasteiger partial charge in [0.15, 0.2) is 5.65 Å². The van der Waals surface area contributed by atoms with Crippen LogP contribution in [0.15, 0.2) is 43.1 Å². The minimum atomic E-state index is 0.244. The van der Waals surface area contributed by atoms with Crippen molar-refractivity contribution in [1.82, 2.24) is 24.8 Å². The Hall–Kier alpha value is -2.89. The van der Waals surface area contributed by atoms with Gasteiger partial charge in [0.2, 0.25) is 5.91 Å². The first-order valence-electron chi connectivity index (χ1n) is 9.04. The molecule has 0 aliphatic carbocycles. The minimum absolute atomic E-state index is 0.244. The maximum absolute atomic E-state index is 11.8. The van der Waals surface area contributed by atoms with Gasteiger partial charge in [-0.3, -0.25) is 4.79 Å². The molecule has 3 aromatic heterocycles. The van der Waals surface area contributed by atoms with Crippen LogP contribution in [0.25, 0.3) is 22.2 Å². The van der Waals surface area contributed by atoms with Gasteiger partial charge in [0.25, 0.3) is 0 Å². The largest absolute Gasteiger partial charge is 0.343 e. The van der Waals surface area contributed by atoms with E-state index in [2.05, 4.69) is 33.2 Å². The normalized spacial score (nSPS) is 15.3. The smallest absolute Gasteiger partial charge is 0.222 e. The zero-order valence-corrected chi connectivity index (χ0v) is 14.8. The predicted octanol–water partition coefficient (Wildman–Crippen LogP) is 3.20. The van der Waals surface area contributed by atoms with Gasteiger partial charge >= 0.3 is 0 Å². The van der Waals surface area contributed by atoms with Crippen LogP contribution in [0.4, 0.5) is 0 Å². The molecule has 0 atom stereocenters. The summed E-state index contributed by atoms with van der Waals surface area (Å²) in [5, 5.41) is 1.01. The van der Waals surface area contributed by atoms with Crippen molar-refractivity contribution in [2.24, 2.45) is 0 Å². The lowest BCUT2D eigenvalue weighted by molar-refractivity contribution is -0.131. The number of piperidine rings is 1. The first kappa shape index (κ1) is 16.6. The van der Waals surface area contributed by atoms with Gasteiger partial charge in [0.05, 0.1) is 0 Å². The summed E-state index contributed by atoms with van der Waals surface area (Å²) in [4.78, 5) is 31.2. The van der Waals surface area contributed by atoms with Crippen molar-refractivity contribution in [3.05, 3.63) is 48.8 Å². The molecule has 1 aliphatic heterocycles. The number of carbonyl (C=O) groups excluding carboxylic acids is 1. The summed E-state index contributed by atoms with van der Waals surface area (Å²) in [6.07, 6.45) is 9.41. The predicted molar refractivity (Wildman–Crippen MR) is 99.4 cm³/mol. The van der Waals surface area contributed by atoms with Crippen molar-refractivity contribution in [2.75, 3.05) is 13.1 Å². The molecular formula is C20H21N5O. The monoisotopic (exact) mass is 347 g/mol. The van der Waals surface area contributed by atoms with Gasteiger partial charge in [-0.25, -0.2) is 19.9 Å². The van der Waals surface area contributed by atoms with Crippen molar-refractivity contribution < 1.29 is 4.79 Å². The molecule has 0 aromatic carbocycles. The number of fused-ring (bicyclic) bond motifs is 1. The van der Waals surface area contributed by atoms with Crippen molar-refractivity contribution in [3.8, 4) is 11.1 Å². The second kappa shape index (κ2) is 7.15. The third kappa shape index (κ3) is 3.27. The van der Waals surface area contributed by atoms with E-state index in [-0.39, 0.29) is 5.91 Å². The van der Waals surface area contributed by atoms with Crippen LogP contribution in [-0.4, -0.2) is 43.8 Å². The molecule has 0 radical (unpaired) electrons. The average molecular weight is 347 g/mol. The van der Waals surface area contributed by atoms with Gasteiger partial charge in [-0.2, -0.15) is 0 Å². The molecule has 6 heteroatoms. The van der Waals surface area contributed by atoms with E-state index in [0.29, 0.717) is 12.3 Å². The quantitative estimate of drug-likeness (QED) is 0.727. The third-order valence-electron chi connectivity index (χ3n) is 5.03. The number of amides is 1. The van der Waals surface area contributed by atoms with E-state index < -0.39 is 0 Å². The lowest BCUT2D eigenvalue weighted by atomic mass is 9.92. The fourth-order valence-electron chi connectivity index (χ4n) is 3.51. The zero-order valence-electron chi connectivity index (χ0n) is 14.8. The van der Waals surface area contributed by atoms with Gasteiger partial charge in [-0.05, 0) is 31.0 Å². The summed E-state index contributed by atoms with van der Waals surface area (Å²) < 4.78 is 0. The molecule has 0 saturated carbocycles. The zero-order chi connectivity index (χ0) is 17.9. The topological polar surface area (TPSA) is 71.9 Å². The van der Waals surface area contributed by atoms with Crippen LogP contribution in [-0.2, 0) is 4.79 Å². The number of rotatable bonds is 3. The highest BCUT2D eigenvalue weighted by atomic mass is 16.2. The van der Waals surface area contributed by atoms with Crippen LogP contribution in [0.2, 0.25) is 0 Å². The number of hydrogen-bond donors (Lipinski definition) is 0. The molecule has 1 amide bonds. The Balaban J connectivity index is 1.54. The second-order valence-electron chi connectivity index (χ2n) is 6.64. The number of pyridine rings is 2. The van der Waals surface area contributed by atoms with E-state index >= 15 is 0 Å². The minimum Gasteiger partial charge on any atom is -0.343 e. The van der Waals surface area contributed by atoms with E-state index in [1.165, 1.54) is 6.33 Å². The molecule has 132 valence electrons. The lowest BCUT2D eigenvalue weighted by Crippen LogP contribution is -2.37. The summed E-state index contributed by atoms with van der Waals surface area (Å²) in [6, 6.07) is 6.25. The number of aromatic nitrogens is 4. The maximum Gasteiger partial charge on any atom is 0.222 e. The fourth-order valence-corrected chi connectivity index (χ4v) is 3.51. The average Bonchev–Trinajstić information content (AvgIpc) is 2.73. The van der Waals surface area contributed by atoms with Gasteiger partial charge in [0, 0.05) is 66.2 Å². The molecule has 1 fully saturated rings. The number of carbonyl (C=O) groups is 1. The number of likely N-dealkylation sites (tertiary alicyclic amines) is 1. The van der Waals surface area contributed by atoms with Crippen LogP contribution >= 0.6 is 0 Å². The first-order valence-corrected chi connectivity index (χ1v) is 9.04. The number of hydrogen-bond acceptors (Lipinski definition) is 5. The summed E-state index contributed by atoms with van der Waals surface area (Å²) in [5.41, 5.74) is 3.76. The van der Waals surface area contributed by atoms with E-state index in [1.807, 2.05) is 18.0 Å². The molecule has 0 N–H and O–H groups in total. The second-order valence-corrected chi connectivity index (χ2v) is 6.64. The van der Waals surface area contributed by atoms with E-state index in [9.17, 15) is 4.79 Å². The Kier molecular flexibility index (Phi) is 4.56. The highest BCUT2D eigenvalue weighted by Crippen LogP contribution is 2.29. The van der Waals surface area contributed by atoms with Gasteiger partial charge in [-0.1, -0.05) is 6.92 Å². The van der Waals surface area contributed by atoms with E-state index in [0.717, 1.165) is 53.8 Å². The molecule has 6 nitrogen and oxygen atoms in total. The van der Waals surface area contributed by atoms with Crippen LogP contribution in [0.1, 0.15) is 37.8 Å². The highest BCUT2D eigenvalue weighted by Gasteiger charge is 2.24. The highest BCUT2D eigenvalue weighted by molar-refractivity contribution is 5.80. The third-order valence-corrected chi connectivity index (χ3v) is 5.03. The van der Waals surface area contributed by atoms with E-state index in [4.69, 9.17) is 4.98 Å². The summed E-state index contributed by atoms with van der Waals surface area (Å²) in [7, 11) is 0. The Labute approximate surface area is 152 Å². The standard InChI is InChI=1S/C20H21N5O/c1-2-19(26)25-7-5-14(6-8-25)18-4-3-15-9-16(12-23-20(15)24-18)17-10-21-13-22-11-17/h3-4,9-14H,2,5-8H2,1H3. The molecular weight excluding hydrogens is 326 g/mol. The van der Waals surface area contributed by atoms with Crippen molar-refractivity contribution in [2.45, 2.75) is 32.1 Å². The molecule has 4 rings (SSSR count). The van der Waals surface area contributed by atoms with Crippen LogP contribution < -0.4 is 0 Å². The van der Waals surface area contributed by atoms with Crippen LogP contribution in [0.3, 0.4) is 0 Å². The first-order chi connectivity index (χ1) is 12.7. The summed E-state index contributed by atoms with van der Waals surface area (Å²) in [6.45, 7) is 3.55. The molecule has 26 heavy (non-hydrogen) atoms. The molecule has 3 aromatic rings. The van der Waals surface area contributed by atoms with Crippen LogP contribution in [0.5, 0.6) is 0 Å². The van der Waals surface area contributed by atoms with Gasteiger partial charge in [-0.15, -0.1) is 0 Å². The van der Waals surface area contributed by atoms with Crippen molar-refractivity contribution in [1.29, 1.82) is 0 Å². The van der Waals surface area contributed by atoms with Crippen molar-refractivity contribution >= 4 is 16.9 Å². The molecule has 4 heterocycles. The molecule has 1 aliphatic rings. The molecule has 0 bridgehead atoms. The SMILES string of the molecule is CCC(=O)N1CCC(c2ccc3cc(-c4cncnc4)cnc3n2)CC1. The Bertz CT molecular complexity index is 920. The lowest BCUT2D eigenvalue weighted by Gasteiger charge is -2.31. The summed E-state index contributed by atoms with van der Waals surface area (Å²) >= 11 is 0. The Morgan fingerprint density at radius 2 is 1.88 bits per heavy atom.